The molecular formula is C17H20ClN3O3. The Bertz CT molecular complexity index is 779. The summed E-state index contributed by atoms with van der Waals surface area (Å²) in [5.41, 5.74) is 1.87. The number of aromatic nitrogens is 2. The molecule has 1 aromatic heterocycles. The van der Waals surface area contributed by atoms with E-state index in [0.29, 0.717) is 5.02 Å². The molecule has 0 aliphatic carbocycles. The fourth-order valence-corrected chi connectivity index (χ4v) is 2.50. The third kappa shape index (κ3) is 3.76. The Kier molecular flexibility index (Phi) is 4.99. The number of nitrogens with zero attached hydrogens (tertiary/aromatic N) is 2. The molecule has 0 fully saturated rings. The Hall–Kier alpha value is -2.34. The number of rotatable bonds is 5. The lowest BCUT2D eigenvalue weighted by atomic mass is 10.0. The molecule has 0 aliphatic rings. The fraction of sp³-hybridized carbons (Fsp3) is 0.353. The monoisotopic (exact) mass is 349 g/mol. The van der Waals surface area contributed by atoms with E-state index in [1.165, 1.54) is 13.8 Å². The second kappa shape index (κ2) is 6.65. The van der Waals surface area contributed by atoms with Crippen LogP contribution in [0.3, 0.4) is 0 Å². The van der Waals surface area contributed by atoms with Crippen molar-refractivity contribution in [3.05, 3.63) is 46.2 Å². The first-order valence-corrected chi connectivity index (χ1v) is 7.85. The molecule has 6 nitrogen and oxygen atoms in total. The van der Waals surface area contributed by atoms with Crippen molar-refractivity contribution < 1.29 is 14.7 Å². The van der Waals surface area contributed by atoms with E-state index in [2.05, 4.69) is 10.4 Å². The van der Waals surface area contributed by atoms with Gasteiger partial charge in [-0.15, -0.1) is 0 Å². The van der Waals surface area contributed by atoms with Crippen LogP contribution < -0.4 is 5.32 Å². The topological polar surface area (TPSA) is 84.2 Å². The van der Waals surface area contributed by atoms with Crippen LogP contribution in [0.4, 0.5) is 0 Å². The highest BCUT2D eigenvalue weighted by molar-refractivity contribution is 6.30. The van der Waals surface area contributed by atoms with Gasteiger partial charge in [0.2, 0.25) is 5.91 Å². The number of hydrogen-bond acceptors (Lipinski definition) is 3. The molecule has 0 aliphatic heterocycles. The summed E-state index contributed by atoms with van der Waals surface area (Å²) in [6.45, 7) is 6.60. The molecule has 0 unspecified atom stereocenters. The molecule has 2 rings (SSSR count). The fourth-order valence-electron chi connectivity index (χ4n) is 2.37. The van der Waals surface area contributed by atoms with Gasteiger partial charge in [0.1, 0.15) is 5.54 Å². The third-order valence-electron chi connectivity index (χ3n) is 3.84. The molecule has 7 heteroatoms. The second-order valence-electron chi connectivity index (χ2n) is 6.19. The van der Waals surface area contributed by atoms with E-state index in [4.69, 9.17) is 16.7 Å². The lowest BCUT2D eigenvalue weighted by Crippen LogP contribution is -2.50. The van der Waals surface area contributed by atoms with Gasteiger partial charge in [0.25, 0.3) is 0 Å². The van der Waals surface area contributed by atoms with E-state index in [1.807, 2.05) is 26.0 Å². The summed E-state index contributed by atoms with van der Waals surface area (Å²) in [6, 6.07) is 7.24. The average Bonchev–Trinajstić information content (AvgIpc) is 2.75. The van der Waals surface area contributed by atoms with Gasteiger partial charge in [0.15, 0.2) is 0 Å². The Balaban J connectivity index is 2.25. The first-order valence-electron chi connectivity index (χ1n) is 7.47. The summed E-state index contributed by atoms with van der Waals surface area (Å²) >= 11 is 5.90. The molecule has 0 bridgehead atoms. The summed E-state index contributed by atoms with van der Waals surface area (Å²) < 4.78 is 1.75. The van der Waals surface area contributed by atoms with Gasteiger partial charge in [0.05, 0.1) is 17.8 Å². The van der Waals surface area contributed by atoms with Gasteiger partial charge < -0.3 is 10.4 Å². The van der Waals surface area contributed by atoms with Crippen molar-refractivity contribution in [2.24, 2.45) is 0 Å². The Morgan fingerprint density at radius 1 is 1.25 bits per heavy atom. The molecule has 0 atom stereocenters. The standard InChI is InChI=1S/C17H20ClN3O3/c1-10-14(9-15(22)19-17(3,4)16(23)24)11(2)21(20-10)13-7-5-12(18)6-8-13/h5-8H,9H2,1-4H3,(H,19,22)(H,23,24). The van der Waals surface area contributed by atoms with Crippen molar-refractivity contribution in [1.82, 2.24) is 15.1 Å². The number of benzene rings is 1. The zero-order valence-electron chi connectivity index (χ0n) is 14.1. The molecule has 1 heterocycles. The number of aliphatic carboxylic acids is 1. The predicted octanol–water partition coefficient (Wildman–Crippen LogP) is 2.66. The highest BCUT2D eigenvalue weighted by Gasteiger charge is 2.29. The van der Waals surface area contributed by atoms with Crippen molar-refractivity contribution in [2.45, 2.75) is 39.7 Å². The number of nitrogens with one attached hydrogen (secondary N) is 1. The maximum Gasteiger partial charge on any atom is 0.328 e. The van der Waals surface area contributed by atoms with Gasteiger partial charge in [-0.1, -0.05) is 11.6 Å². The molecule has 0 saturated heterocycles. The molecule has 1 aromatic carbocycles. The van der Waals surface area contributed by atoms with Crippen molar-refractivity contribution in [1.29, 1.82) is 0 Å². The Morgan fingerprint density at radius 2 is 1.83 bits per heavy atom. The van der Waals surface area contributed by atoms with E-state index in [0.717, 1.165) is 22.6 Å². The van der Waals surface area contributed by atoms with Crippen LogP contribution >= 0.6 is 11.6 Å². The SMILES string of the molecule is Cc1nn(-c2ccc(Cl)cc2)c(C)c1CC(=O)NC(C)(C)C(=O)O. The summed E-state index contributed by atoms with van der Waals surface area (Å²) in [4.78, 5) is 23.3. The molecule has 128 valence electrons. The third-order valence-corrected chi connectivity index (χ3v) is 4.09. The van der Waals surface area contributed by atoms with Gasteiger partial charge >= 0.3 is 5.97 Å². The van der Waals surface area contributed by atoms with Crippen molar-refractivity contribution >= 4 is 23.5 Å². The molecule has 24 heavy (non-hydrogen) atoms. The summed E-state index contributed by atoms with van der Waals surface area (Å²) in [5, 5.41) is 16.7. The minimum Gasteiger partial charge on any atom is -0.480 e. The van der Waals surface area contributed by atoms with E-state index in [-0.39, 0.29) is 12.3 Å². The van der Waals surface area contributed by atoms with Crippen LogP contribution in [0.25, 0.3) is 5.69 Å². The number of carbonyl (C=O) groups excluding carboxylic acids is 1. The summed E-state index contributed by atoms with van der Waals surface area (Å²) in [6.07, 6.45) is 0.0714. The van der Waals surface area contributed by atoms with Crippen molar-refractivity contribution in [3.63, 3.8) is 0 Å². The molecule has 2 N–H and O–H groups in total. The molecule has 0 saturated carbocycles. The van der Waals surface area contributed by atoms with E-state index in [1.54, 1.807) is 16.8 Å². The number of amides is 1. The number of carboxylic acid groups (broad SMARTS) is 1. The maximum absolute atomic E-state index is 12.2. The van der Waals surface area contributed by atoms with E-state index >= 15 is 0 Å². The lowest BCUT2D eigenvalue weighted by molar-refractivity contribution is -0.145. The van der Waals surface area contributed by atoms with Crippen LogP contribution in [-0.2, 0) is 16.0 Å². The quantitative estimate of drug-likeness (QED) is 0.869. The molecule has 0 radical (unpaired) electrons. The van der Waals surface area contributed by atoms with Crippen LogP contribution in [0.1, 0.15) is 30.8 Å². The normalized spacial score (nSPS) is 11.4. The van der Waals surface area contributed by atoms with Gasteiger partial charge in [-0.2, -0.15) is 5.10 Å². The van der Waals surface area contributed by atoms with E-state index in [9.17, 15) is 9.59 Å². The largest absolute Gasteiger partial charge is 0.480 e. The van der Waals surface area contributed by atoms with Crippen LogP contribution in [0.2, 0.25) is 5.02 Å². The molecular weight excluding hydrogens is 330 g/mol. The highest BCUT2D eigenvalue weighted by Crippen LogP contribution is 2.20. The van der Waals surface area contributed by atoms with Crippen molar-refractivity contribution in [2.75, 3.05) is 0 Å². The van der Waals surface area contributed by atoms with E-state index < -0.39 is 11.5 Å². The van der Waals surface area contributed by atoms with Crippen LogP contribution in [0.5, 0.6) is 0 Å². The maximum atomic E-state index is 12.2. The molecule has 1 amide bonds. The highest BCUT2D eigenvalue weighted by atomic mass is 35.5. The Labute approximate surface area is 145 Å². The lowest BCUT2D eigenvalue weighted by Gasteiger charge is -2.21. The minimum atomic E-state index is -1.31. The number of aryl methyl sites for hydroxylation is 1. The first-order chi connectivity index (χ1) is 11.1. The predicted molar refractivity (Wildman–Crippen MR) is 91.6 cm³/mol. The van der Waals surface area contributed by atoms with Crippen LogP contribution in [0.15, 0.2) is 24.3 Å². The number of hydrogen-bond donors (Lipinski definition) is 2. The molecule has 0 spiro atoms. The van der Waals surface area contributed by atoms with Crippen molar-refractivity contribution in [3.8, 4) is 5.69 Å². The molecule has 2 aromatic rings. The van der Waals surface area contributed by atoms with Gasteiger partial charge in [-0.3, -0.25) is 4.79 Å². The zero-order chi connectivity index (χ0) is 18.1. The van der Waals surface area contributed by atoms with Gasteiger partial charge in [-0.05, 0) is 52.0 Å². The smallest absolute Gasteiger partial charge is 0.328 e. The number of carboxylic acids is 1. The zero-order valence-corrected chi connectivity index (χ0v) is 14.8. The number of carbonyl (C=O) groups is 2. The second-order valence-corrected chi connectivity index (χ2v) is 6.63. The minimum absolute atomic E-state index is 0.0714. The van der Waals surface area contributed by atoms with Crippen LogP contribution in [-0.4, -0.2) is 32.3 Å². The summed E-state index contributed by atoms with van der Waals surface area (Å²) in [7, 11) is 0. The Morgan fingerprint density at radius 3 is 2.38 bits per heavy atom. The summed E-state index contributed by atoms with van der Waals surface area (Å²) in [5.74, 6) is -1.44. The number of halogens is 1. The average molecular weight is 350 g/mol. The van der Waals surface area contributed by atoms with Gasteiger partial charge in [-0.25, -0.2) is 9.48 Å². The van der Waals surface area contributed by atoms with Gasteiger partial charge in [0, 0.05) is 16.3 Å². The first kappa shape index (κ1) is 18.0. The van der Waals surface area contributed by atoms with Crippen LogP contribution in [0, 0.1) is 13.8 Å².